The zero-order valence-corrected chi connectivity index (χ0v) is 24.9. The van der Waals surface area contributed by atoms with E-state index < -0.39 is 60.6 Å². The molecule has 3 heterocycles. The molecule has 42 heavy (non-hydrogen) atoms. The second kappa shape index (κ2) is 10.6. The van der Waals surface area contributed by atoms with E-state index in [1.807, 2.05) is 24.3 Å². The summed E-state index contributed by atoms with van der Waals surface area (Å²) in [4.78, 5) is 29.3. The normalized spacial score (nSPS) is 20.8. The lowest BCUT2D eigenvalue weighted by Gasteiger charge is -2.43. The van der Waals surface area contributed by atoms with Gasteiger partial charge in [0.15, 0.2) is 11.6 Å². The molecule has 0 radical (unpaired) electrons. The van der Waals surface area contributed by atoms with Crippen LogP contribution >= 0.6 is 0 Å². The molecule has 6 rings (SSSR count). The number of nitrogens with zero attached hydrogens (tertiary/aromatic N) is 2. The molecule has 2 saturated heterocycles. The van der Waals surface area contributed by atoms with Crippen LogP contribution in [0.1, 0.15) is 46.8 Å². The largest absolute Gasteiger partial charge is 0.478 e. The topological polar surface area (TPSA) is 70.1 Å². The molecule has 0 amide bonds. The van der Waals surface area contributed by atoms with Crippen LogP contribution in [0.25, 0.3) is 5.57 Å². The van der Waals surface area contributed by atoms with E-state index in [-0.39, 0.29) is 18.2 Å². The van der Waals surface area contributed by atoms with Crippen molar-refractivity contribution in [1.82, 2.24) is 4.90 Å². The van der Waals surface area contributed by atoms with E-state index in [0.29, 0.717) is 11.1 Å². The third kappa shape index (κ3) is 4.43. The number of benzene rings is 2. The molecule has 2 aromatic rings. The molecule has 6 nitrogen and oxygen atoms in total. The van der Waals surface area contributed by atoms with Crippen LogP contribution in [0.2, 0.25) is 13.1 Å². The van der Waals surface area contributed by atoms with Crippen molar-refractivity contribution in [2.45, 2.75) is 45.3 Å². The predicted molar refractivity (Wildman–Crippen MR) is 157 cm³/mol. The Labute approximate surface area is 243 Å². The summed E-state index contributed by atoms with van der Waals surface area (Å²) in [5.74, 6) is -7.39. The van der Waals surface area contributed by atoms with Gasteiger partial charge in [0.1, 0.15) is 19.5 Å². The van der Waals surface area contributed by atoms with Crippen molar-refractivity contribution in [1.29, 1.82) is 0 Å². The number of carboxylic acids is 1. The van der Waals surface area contributed by atoms with Crippen LogP contribution in [-0.2, 0) is 16.0 Å². The van der Waals surface area contributed by atoms with Crippen LogP contribution in [0.4, 0.5) is 18.9 Å². The van der Waals surface area contributed by atoms with Crippen molar-refractivity contribution in [3.8, 4) is 0 Å². The van der Waals surface area contributed by atoms with Crippen LogP contribution in [0, 0.1) is 17.5 Å². The quantitative estimate of drug-likeness (QED) is 0.278. The molecule has 4 aliphatic rings. The second-order valence-electron chi connectivity index (χ2n) is 11.8. The molecule has 10 heteroatoms. The molecular weight excluding hydrogens is 561 g/mol. The maximum absolute atomic E-state index is 16.5. The molecule has 0 aromatic heterocycles. The first-order chi connectivity index (χ1) is 20.0. The van der Waals surface area contributed by atoms with Crippen molar-refractivity contribution in [2.75, 3.05) is 37.7 Å². The number of rotatable bonds is 7. The number of likely N-dealkylation sites (tertiary alicyclic amines) is 1. The van der Waals surface area contributed by atoms with Gasteiger partial charge >= 0.3 is 11.9 Å². The van der Waals surface area contributed by atoms with Crippen molar-refractivity contribution >= 4 is 36.5 Å². The SMILES string of the molecule is CCOC(=O)Cc1c(F)c(F)c(C(=O)O)c(C2=C3C=CC(N4CCC4)C=C3[Si](C)(C)c3cc(N4CCC4)ccc32)c1F. The van der Waals surface area contributed by atoms with E-state index in [0.717, 1.165) is 55.1 Å². The Morgan fingerprint density at radius 1 is 1.05 bits per heavy atom. The van der Waals surface area contributed by atoms with Crippen LogP contribution in [-0.4, -0.2) is 68.8 Å². The Balaban J connectivity index is 1.66. The molecule has 220 valence electrons. The molecule has 1 N–H and O–H groups in total. The van der Waals surface area contributed by atoms with Gasteiger partial charge in [0.2, 0.25) is 0 Å². The monoisotopic (exact) mass is 594 g/mol. The predicted octanol–water partition coefficient (Wildman–Crippen LogP) is 4.96. The minimum atomic E-state index is -2.44. The van der Waals surface area contributed by atoms with Crippen LogP contribution in [0.15, 0.2) is 47.2 Å². The lowest BCUT2D eigenvalue weighted by Crippen LogP contribution is -2.52. The van der Waals surface area contributed by atoms with Gasteiger partial charge < -0.3 is 14.7 Å². The minimum absolute atomic E-state index is 0.0243. The number of carboxylic acid groups (broad SMARTS) is 1. The van der Waals surface area contributed by atoms with Gasteiger partial charge in [0.25, 0.3) is 0 Å². The summed E-state index contributed by atoms with van der Waals surface area (Å²) >= 11 is 0. The fourth-order valence-electron chi connectivity index (χ4n) is 6.48. The fourth-order valence-corrected chi connectivity index (χ4v) is 9.63. The third-order valence-corrected chi connectivity index (χ3v) is 12.6. The van der Waals surface area contributed by atoms with E-state index in [1.165, 1.54) is 0 Å². The lowest BCUT2D eigenvalue weighted by atomic mass is 9.84. The molecule has 1 aliphatic carbocycles. The number of hydrogen-bond donors (Lipinski definition) is 1. The summed E-state index contributed by atoms with van der Waals surface area (Å²) in [6.07, 6.45) is 7.39. The maximum Gasteiger partial charge on any atom is 0.339 e. The van der Waals surface area contributed by atoms with E-state index in [4.69, 9.17) is 4.74 Å². The highest BCUT2D eigenvalue weighted by Crippen LogP contribution is 2.45. The average molecular weight is 595 g/mol. The smallest absolute Gasteiger partial charge is 0.339 e. The zero-order chi connectivity index (χ0) is 29.9. The molecule has 0 saturated carbocycles. The molecular formula is C32H33F3N2O4Si. The van der Waals surface area contributed by atoms with Crippen molar-refractivity contribution in [3.05, 3.63) is 86.9 Å². The van der Waals surface area contributed by atoms with Crippen LogP contribution < -0.4 is 10.1 Å². The Morgan fingerprint density at radius 3 is 2.36 bits per heavy atom. The Bertz CT molecular complexity index is 1610. The number of aromatic carboxylic acids is 1. The maximum atomic E-state index is 16.5. The standard InChI is InChI=1S/C32H33F3N2O4Si/c1-4-41-25(38)17-22-29(33)27(28(32(39)40)31(35)30(22)34)26-20-9-7-18(36-11-5-12-36)15-23(20)42(2,3)24-16-19(8-10-21(24)26)37-13-6-14-37/h7-10,15-16,18H,4-6,11-14,17H2,1-3H3,(H,39,40). The molecule has 0 spiro atoms. The number of anilines is 1. The van der Waals surface area contributed by atoms with Gasteiger partial charge in [-0.25, -0.2) is 18.0 Å². The molecule has 2 aromatic carbocycles. The molecule has 3 aliphatic heterocycles. The number of ether oxygens (including phenoxy) is 1. The average Bonchev–Trinajstić information content (AvgIpc) is 2.88. The summed E-state index contributed by atoms with van der Waals surface area (Å²) in [5, 5.41) is 12.1. The van der Waals surface area contributed by atoms with E-state index in [2.05, 4.69) is 35.0 Å². The third-order valence-electron chi connectivity index (χ3n) is 9.01. The minimum Gasteiger partial charge on any atom is -0.478 e. The number of fused-ring (bicyclic) bond motifs is 2. The van der Waals surface area contributed by atoms with Gasteiger partial charge in [-0.15, -0.1) is 0 Å². The molecule has 2 fully saturated rings. The van der Waals surface area contributed by atoms with Gasteiger partial charge in [-0.2, -0.15) is 0 Å². The second-order valence-corrected chi connectivity index (χ2v) is 16.1. The number of carbonyl (C=O) groups is 2. The number of esters is 1. The van der Waals surface area contributed by atoms with Crippen LogP contribution in [0.5, 0.6) is 0 Å². The number of allylic oxidation sites excluding steroid dienone is 3. The fraction of sp³-hybridized carbons (Fsp3) is 0.375. The first-order valence-electron chi connectivity index (χ1n) is 14.4. The van der Waals surface area contributed by atoms with Gasteiger partial charge in [0.05, 0.1) is 13.0 Å². The van der Waals surface area contributed by atoms with Gasteiger partial charge in [-0.1, -0.05) is 37.4 Å². The van der Waals surface area contributed by atoms with E-state index in [1.54, 1.807) is 6.92 Å². The Kier molecular flexibility index (Phi) is 7.17. The van der Waals surface area contributed by atoms with Crippen molar-refractivity contribution < 1.29 is 32.6 Å². The summed E-state index contributed by atoms with van der Waals surface area (Å²) in [6.45, 7) is 9.72. The first-order valence-corrected chi connectivity index (χ1v) is 17.4. The van der Waals surface area contributed by atoms with E-state index >= 15 is 13.2 Å². The Hall–Kier alpha value is -3.63. The van der Waals surface area contributed by atoms with Gasteiger partial charge in [-0.05, 0) is 59.0 Å². The van der Waals surface area contributed by atoms with Crippen molar-refractivity contribution in [2.24, 2.45) is 0 Å². The molecule has 1 atom stereocenters. The van der Waals surface area contributed by atoms with Crippen molar-refractivity contribution in [3.63, 3.8) is 0 Å². The number of hydrogen-bond acceptors (Lipinski definition) is 5. The number of carbonyl (C=O) groups excluding carboxylic acids is 1. The summed E-state index contributed by atoms with van der Waals surface area (Å²) in [6, 6.07) is 5.92. The molecule has 1 unspecified atom stereocenters. The summed E-state index contributed by atoms with van der Waals surface area (Å²) in [5.41, 5.74) is -0.0272. The summed E-state index contributed by atoms with van der Waals surface area (Å²) in [7, 11) is -2.44. The Morgan fingerprint density at radius 2 is 1.76 bits per heavy atom. The van der Waals surface area contributed by atoms with Gasteiger partial charge in [-0.3, -0.25) is 9.69 Å². The highest BCUT2D eigenvalue weighted by Gasteiger charge is 2.43. The van der Waals surface area contributed by atoms with Gasteiger partial charge in [0, 0.05) is 49.0 Å². The molecule has 0 bridgehead atoms. The van der Waals surface area contributed by atoms with E-state index in [9.17, 15) is 14.7 Å². The summed E-state index contributed by atoms with van der Waals surface area (Å²) < 4.78 is 52.3. The highest BCUT2D eigenvalue weighted by atomic mass is 28.3. The first kappa shape index (κ1) is 28.5. The van der Waals surface area contributed by atoms with Crippen LogP contribution in [0.3, 0.4) is 0 Å². The lowest BCUT2D eigenvalue weighted by molar-refractivity contribution is -0.142. The highest BCUT2D eigenvalue weighted by molar-refractivity contribution is 6.97. The number of halogens is 3. The zero-order valence-electron chi connectivity index (χ0n) is 23.9.